The fraction of sp³-hybridized carbons (Fsp3) is 0.519. The van der Waals surface area contributed by atoms with E-state index in [-0.39, 0.29) is 5.56 Å². The Balaban J connectivity index is 1.28. The van der Waals surface area contributed by atoms with Crippen LogP contribution in [0.5, 0.6) is 5.75 Å². The van der Waals surface area contributed by atoms with E-state index in [4.69, 9.17) is 4.74 Å². The quantitative estimate of drug-likeness (QED) is 0.538. The maximum atomic E-state index is 14.7. The van der Waals surface area contributed by atoms with Gasteiger partial charge >= 0.3 is 0 Å². The van der Waals surface area contributed by atoms with E-state index < -0.39 is 29.3 Å². The minimum absolute atomic E-state index is 0.189. The molecular formula is C27H34F2N4O3. The van der Waals surface area contributed by atoms with Gasteiger partial charge in [0.1, 0.15) is 17.2 Å². The minimum atomic E-state index is -1.18. The monoisotopic (exact) mass is 500 g/mol. The number of halogens is 2. The van der Waals surface area contributed by atoms with Crippen molar-refractivity contribution in [2.45, 2.75) is 51.2 Å². The first kappa shape index (κ1) is 26.2. The van der Waals surface area contributed by atoms with E-state index in [1.54, 1.807) is 38.2 Å². The zero-order valence-corrected chi connectivity index (χ0v) is 20.9. The summed E-state index contributed by atoms with van der Waals surface area (Å²) in [4.78, 5) is 31.0. The van der Waals surface area contributed by atoms with Crippen molar-refractivity contribution in [2.24, 2.45) is 5.92 Å². The third-order valence-electron chi connectivity index (χ3n) is 6.65. The van der Waals surface area contributed by atoms with Crippen LogP contribution in [-0.2, 0) is 4.79 Å². The Morgan fingerprint density at radius 2 is 1.97 bits per heavy atom. The SMILES string of the molecule is CC(C)(F)CN1CCC(COc2ccc(-c3ccc(C(=O)NC(=O)[C@@H]4CCCN4)c(F)c3)nc2)CC1. The van der Waals surface area contributed by atoms with Crippen LogP contribution in [-0.4, -0.2) is 66.2 Å². The molecule has 0 spiro atoms. The van der Waals surface area contributed by atoms with E-state index in [1.807, 2.05) is 0 Å². The molecule has 2 fully saturated rings. The maximum Gasteiger partial charge on any atom is 0.260 e. The van der Waals surface area contributed by atoms with Crippen molar-refractivity contribution in [3.8, 4) is 17.0 Å². The number of hydrogen-bond acceptors (Lipinski definition) is 6. The standard InChI is InChI=1S/C27H34F2N4O3/c1-27(2,29)17-33-12-9-18(10-13-33)16-36-20-6-8-23(31-15-20)19-5-7-21(22(28)14-19)25(34)32-26(35)24-4-3-11-30-24/h5-8,14-15,18,24,30H,3-4,9-13,16-17H2,1-2H3,(H,32,34,35)/t24-/m0/s1. The topological polar surface area (TPSA) is 83.6 Å². The number of piperidine rings is 1. The molecule has 1 atom stereocenters. The van der Waals surface area contributed by atoms with E-state index in [0.717, 1.165) is 38.9 Å². The highest BCUT2D eigenvalue weighted by molar-refractivity contribution is 6.06. The molecule has 2 N–H and O–H groups in total. The van der Waals surface area contributed by atoms with Crippen LogP contribution in [0.4, 0.5) is 8.78 Å². The summed E-state index contributed by atoms with van der Waals surface area (Å²) < 4.78 is 34.4. The van der Waals surface area contributed by atoms with E-state index in [1.165, 1.54) is 12.1 Å². The first-order valence-electron chi connectivity index (χ1n) is 12.6. The van der Waals surface area contributed by atoms with Crippen molar-refractivity contribution < 1.29 is 23.1 Å². The second-order valence-electron chi connectivity index (χ2n) is 10.3. The van der Waals surface area contributed by atoms with Crippen LogP contribution in [0.25, 0.3) is 11.3 Å². The van der Waals surface area contributed by atoms with Crippen LogP contribution < -0.4 is 15.4 Å². The van der Waals surface area contributed by atoms with Crippen molar-refractivity contribution in [1.82, 2.24) is 20.5 Å². The minimum Gasteiger partial charge on any atom is -0.492 e. The molecule has 3 heterocycles. The van der Waals surface area contributed by atoms with Gasteiger partial charge in [0.15, 0.2) is 0 Å². The number of carbonyl (C=O) groups excluding carboxylic acids is 2. The Hall–Kier alpha value is -2.91. The molecular weight excluding hydrogens is 466 g/mol. The summed E-state index contributed by atoms with van der Waals surface area (Å²) in [7, 11) is 0. The molecule has 2 saturated heterocycles. The molecule has 0 aliphatic carbocycles. The zero-order chi connectivity index (χ0) is 25.7. The Labute approximate surface area is 210 Å². The molecule has 7 nitrogen and oxygen atoms in total. The van der Waals surface area contributed by atoms with Gasteiger partial charge in [-0.15, -0.1) is 0 Å². The number of likely N-dealkylation sites (tertiary alicyclic amines) is 1. The number of nitrogens with one attached hydrogen (secondary N) is 2. The zero-order valence-electron chi connectivity index (χ0n) is 20.9. The number of ether oxygens (including phenoxy) is 1. The van der Waals surface area contributed by atoms with Gasteiger partial charge in [-0.3, -0.25) is 19.9 Å². The molecule has 0 unspecified atom stereocenters. The number of hydrogen-bond donors (Lipinski definition) is 2. The molecule has 36 heavy (non-hydrogen) atoms. The molecule has 0 radical (unpaired) electrons. The molecule has 2 aromatic rings. The number of imide groups is 1. The van der Waals surface area contributed by atoms with Gasteiger partial charge in [0.25, 0.3) is 5.91 Å². The number of rotatable bonds is 8. The van der Waals surface area contributed by atoms with Crippen LogP contribution in [0, 0.1) is 11.7 Å². The highest BCUT2D eigenvalue weighted by Crippen LogP contribution is 2.24. The van der Waals surface area contributed by atoms with Gasteiger partial charge < -0.3 is 15.0 Å². The number of carbonyl (C=O) groups is 2. The average molecular weight is 501 g/mol. The lowest BCUT2D eigenvalue weighted by molar-refractivity contribution is -0.121. The normalized spacial score (nSPS) is 19.3. The summed E-state index contributed by atoms with van der Waals surface area (Å²) in [5, 5.41) is 5.28. The Kier molecular flexibility index (Phi) is 8.31. The van der Waals surface area contributed by atoms with Gasteiger partial charge in [0.05, 0.1) is 30.1 Å². The lowest BCUT2D eigenvalue weighted by Crippen LogP contribution is -2.43. The van der Waals surface area contributed by atoms with Gasteiger partial charge in [-0.05, 0) is 89.3 Å². The van der Waals surface area contributed by atoms with E-state index in [2.05, 4.69) is 20.5 Å². The van der Waals surface area contributed by atoms with Crippen molar-refractivity contribution in [3.63, 3.8) is 0 Å². The molecule has 2 aliphatic heterocycles. The Morgan fingerprint density at radius 1 is 1.19 bits per heavy atom. The highest BCUT2D eigenvalue weighted by Gasteiger charge is 2.26. The fourth-order valence-electron chi connectivity index (χ4n) is 4.73. The third-order valence-corrected chi connectivity index (χ3v) is 6.65. The molecule has 1 aromatic carbocycles. The summed E-state index contributed by atoms with van der Waals surface area (Å²) in [5.74, 6) is -0.877. The van der Waals surface area contributed by atoms with Gasteiger partial charge in [-0.2, -0.15) is 0 Å². The van der Waals surface area contributed by atoms with E-state index >= 15 is 0 Å². The number of alkyl halides is 1. The van der Waals surface area contributed by atoms with E-state index in [9.17, 15) is 18.4 Å². The first-order chi connectivity index (χ1) is 17.2. The van der Waals surface area contributed by atoms with Crippen LogP contribution in [0.1, 0.15) is 49.9 Å². The second kappa shape index (κ2) is 11.4. The first-order valence-corrected chi connectivity index (χ1v) is 12.6. The predicted molar refractivity (Wildman–Crippen MR) is 133 cm³/mol. The predicted octanol–water partition coefficient (Wildman–Crippen LogP) is 3.74. The number of nitrogens with zero attached hydrogens (tertiary/aromatic N) is 2. The molecule has 9 heteroatoms. The second-order valence-corrected chi connectivity index (χ2v) is 10.3. The van der Waals surface area contributed by atoms with Crippen LogP contribution >= 0.6 is 0 Å². The lowest BCUT2D eigenvalue weighted by atomic mass is 9.97. The molecule has 4 rings (SSSR count). The van der Waals surface area contributed by atoms with E-state index in [0.29, 0.717) is 42.5 Å². The highest BCUT2D eigenvalue weighted by atomic mass is 19.1. The van der Waals surface area contributed by atoms with Crippen molar-refractivity contribution >= 4 is 11.8 Å². The summed E-state index contributed by atoms with van der Waals surface area (Å²) in [6, 6.07) is 7.31. The molecule has 2 amide bonds. The summed E-state index contributed by atoms with van der Waals surface area (Å²) >= 11 is 0. The van der Waals surface area contributed by atoms with Crippen LogP contribution in [0.3, 0.4) is 0 Å². The van der Waals surface area contributed by atoms with Crippen LogP contribution in [0.15, 0.2) is 36.5 Å². The number of benzene rings is 1. The molecule has 0 bridgehead atoms. The lowest BCUT2D eigenvalue weighted by Gasteiger charge is -2.34. The number of pyridine rings is 1. The molecule has 194 valence electrons. The summed E-state index contributed by atoms with van der Waals surface area (Å²) in [6.07, 6.45) is 5.05. The van der Waals surface area contributed by atoms with Crippen molar-refractivity contribution in [3.05, 3.63) is 47.9 Å². The van der Waals surface area contributed by atoms with Crippen LogP contribution in [0.2, 0.25) is 0 Å². The Bertz CT molecular complexity index is 1060. The molecule has 0 saturated carbocycles. The smallest absolute Gasteiger partial charge is 0.260 e. The largest absolute Gasteiger partial charge is 0.492 e. The van der Waals surface area contributed by atoms with Gasteiger partial charge in [0.2, 0.25) is 5.91 Å². The number of amides is 2. The molecule has 2 aliphatic rings. The third kappa shape index (κ3) is 7.07. The van der Waals surface area contributed by atoms with Gasteiger partial charge in [-0.1, -0.05) is 6.07 Å². The maximum absolute atomic E-state index is 14.7. The Morgan fingerprint density at radius 3 is 2.58 bits per heavy atom. The van der Waals surface area contributed by atoms with Crippen molar-refractivity contribution in [2.75, 3.05) is 32.8 Å². The average Bonchev–Trinajstić information content (AvgIpc) is 3.38. The molecule has 1 aromatic heterocycles. The van der Waals surface area contributed by atoms with Crippen molar-refractivity contribution in [1.29, 1.82) is 0 Å². The van der Waals surface area contributed by atoms with Gasteiger partial charge in [-0.25, -0.2) is 8.78 Å². The number of aromatic nitrogens is 1. The van der Waals surface area contributed by atoms with Gasteiger partial charge in [0, 0.05) is 12.1 Å². The summed E-state index contributed by atoms with van der Waals surface area (Å²) in [5.41, 5.74) is -0.312. The fourth-order valence-corrected chi connectivity index (χ4v) is 4.73. The summed E-state index contributed by atoms with van der Waals surface area (Å²) in [6.45, 7) is 6.70.